The third-order valence-corrected chi connectivity index (χ3v) is 2.77. The normalized spacial score (nSPS) is 10.5. The van der Waals surface area contributed by atoms with Crippen molar-refractivity contribution < 1.29 is 4.74 Å². The van der Waals surface area contributed by atoms with Crippen LogP contribution in [0.3, 0.4) is 0 Å². The predicted molar refractivity (Wildman–Crippen MR) is 75.7 cm³/mol. The van der Waals surface area contributed by atoms with Gasteiger partial charge in [-0.2, -0.15) is 0 Å². The lowest BCUT2D eigenvalue weighted by Crippen LogP contribution is -2.06. The molecule has 2 rings (SSSR count). The molecule has 0 spiro atoms. The Balaban J connectivity index is 2.26. The van der Waals surface area contributed by atoms with Gasteiger partial charge in [0.1, 0.15) is 5.75 Å². The van der Waals surface area contributed by atoms with Crippen LogP contribution in [0.5, 0.6) is 11.6 Å². The second kappa shape index (κ2) is 6.50. The summed E-state index contributed by atoms with van der Waals surface area (Å²) in [5, 5.41) is 3.66. The highest BCUT2D eigenvalue weighted by Gasteiger charge is 2.05. The van der Waals surface area contributed by atoms with E-state index in [1.165, 1.54) is 0 Å². The summed E-state index contributed by atoms with van der Waals surface area (Å²) >= 11 is 5.88. The summed E-state index contributed by atoms with van der Waals surface area (Å²) in [5.74, 6) is 1.15. The molecule has 100 valence electrons. The van der Waals surface area contributed by atoms with E-state index < -0.39 is 0 Å². The molecule has 0 aromatic carbocycles. The van der Waals surface area contributed by atoms with E-state index in [0.717, 1.165) is 24.2 Å². The van der Waals surface area contributed by atoms with E-state index in [-0.39, 0.29) is 0 Å². The second-order valence-corrected chi connectivity index (χ2v) is 4.57. The number of pyridine rings is 2. The summed E-state index contributed by atoms with van der Waals surface area (Å²) in [4.78, 5) is 8.42. The van der Waals surface area contributed by atoms with Crippen LogP contribution in [0.4, 0.5) is 0 Å². The molecule has 0 saturated carbocycles. The van der Waals surface area contributed by atoms with Crippen molar-refractivity contribution in [2.75, 3.05) is 7.05 Å². The minimum Gasteiger partial charge on any atom is -0.437 e. The zero-order valence-electron chi connectivity index (χ0n) is 11.0. The summed E-state index contributed by atoms with van der Waals surface area (Å²) in [5.41, 5.74) is 2.14. The van der Waals surface area contributed by atoms with Gasteiger partial charge in [0.25, 0.3) is 0 Å². The molecule has 0 saturated heterocycles. The Bertz CT molecular complexity index is 560. The molecule has 19 heavy (non-hydrogen) atoms. The van der Waals surface area contributed by atoms with Gasteiger partial charge >= 0.3 is 0 Å². The van der Waals surface area contributed by atoms with Crippen LogP contribution in [0.1, 0.15) is 18.2 Å². The summed E-state index contributed by atoms with van der Waals surface area (Å²) < 4.78 is 5.70. The SMILES string of the molecule is CCc1cc(CNC)cc(Oc2cncc(Cl)c2)n1. The van der Waals surface area contributed by atoms with Crippen molar-refractivity contribution in [3.63, 3.8) is 0 Å². The third kappa shape index (κ3) is 3.91. The molecule has 0 unspecified atom stereocenters. The van der Waals surface area contributed by atoms with Gasteiger partial charge < -0.3 is 10.1 Å². The van der Waals surface area contributed by atoms with E-state index in [1.807, 2.05) is 13.1 Å². The molecule has 0 fully saturated rings. The Morgan fingerprint density at radius 2 is 2.11 bits per heavy atom. The number of nitrogens with one attached hydrogen (secondary N) is 1. The van der Waals surface area contributed by atoms with Crippen molar-refractivity contribution in [2.45, 2.75) is 19.9 Å². The summed E-state index contributed by atoms with van der Waals surface area (Å²) in [6.45, 7) is 2.84. The van der Waals surface area contributed by atoms with Crippen molar-refractivity contribution in [3.05, 3.63) is 46.9 Å². The lowest BCUT2D eigenvalue weighted by Gasteiger charge is -2.09. The van der Waals surface area contributed by atoms with Crippen molar-refractivity contribution in [1.82, 2.24) is 15.3 Å². The number of hydrogen-bond donors (Lipinski definition) is 1. The van der Waals surface area contributed by atoms with E-state index in [2.05, 4.69) is 28.3 Å². The lowest BCUT2D eigenvalue weighted by atomic mass is 10.2. The molecule has 1 N–H and O–H groups in total. The Hall–Kier alpha value is -1.65. The van der Waals surface area contributed by atoms with Gasteiger partial charge in [0, 0.05) is 30.6 Å². The number of rotatable bonds is 5. The van der Waals surface area contributed by atoms with Gasteiger partial charge in [-0.05, 0) is 25.1 Å². The number of aryl methyl sites for hydroxylation is 1. The van der Waals surface area contributed by atoms with Crippen molar-refractivity contribution >= 4 is 11.6 Å². The van der Waals surface area contributed by atoms with Gasteiger partial charge in [0.2, 0.25) is 5.88 Å². The van der Waals surface area contributed by atoms with Crippen molar-refractivity contribution in [1.29, 1.82) is 0 Å². The largest absolute Gasteiger partial charge is 0.437 e. The minimum absolute atomic E-state index is 0.541. The fourth-order valence-corrected chi connectivity index (χ4v) is 1.89. The smallest absolute Gasteiger partial charge is 0.219 e. The van der Waals surface area contributed by atoms with Crippen LogP contribution >= 0.6 is 11.6 Å². The van der Waals surface area contributed by atoms with E-state index in [9.17, 15) is 0 Å². The van der Waals surface area contributed by atoms with Crippen LogP contribution < -0.4 is 10.1 Å². The highest BCUT2D eigenvalue weighted by Crippen LogP contribution is 2.23. The summed E-state index contributed by atoms with van der Waals surface area (Å²) in [6, 6.07) is 5.70. The van der Waals surface area contributed by atoms with E-state index in [0.29, 0.717) is 16.7 Å². The van der Waals surface area contributed by atoms with Crippen LogP contribution in [0.25, 0.3) is 0 Å². The Morgan fingerprint density at radius 1 is 1.26 bits per heavy atom. The van der Waals surface area contributed by atoms with Crippen molar-refractivity contribution in [3.8, 4) is 11.6 Å². The quantitative estimate of drug-likeness (QED) is 0.912. The Labute approximate surface area is 117 Å². The van der Waals surface area contributed by atoms with Gasteiger partial charge in [0.05, 0.1) is 11.2 Å². The summed E-state index contributed by atoms with van der Waals surface area (Å²) in [7, 11) is 1.91. The first kappa shape index (κ1) is 13.8. The van der Waals surface area contributed by atoms with E-state index >= 15 is 0 Å². The first-order valence-corrected chi connectivity index (χ1v) is 6.52. The lowest BCUT2D eigenvalue weighted by molar-refractivity contribution is 0.457. The molecular formula is C14H16ClN3O. The molecule has 2 aromatic heterocycles. The standard InChI is InChI=1S/C14H16ClN3O/c1-3-12-4-10(7-16-2)5-14(18-12)19-13-6-11(15)8-17-9-13/h4-6,8-9,16H,3,7H2,1-2H3. The zero-order chi connectivity index (χ0) is 13.7. The fraction of sp³-hybridized carbons (Fsp3) is 0.286. The average Bonchev–Trinajstić information content (AvgIpc) is 2.39. The number of ether oxygens (including phenoxy) is 1. The molecule has 0 aliphatic rings. The van der Waals surface area contributed by atoms with Crippen LogP contribution in [0.2, 0.25) is 5.02 Å². The maximum absolute atomic E-state index is 5.88. The molecule has 0 radical (unpaired) electrons. The molecule has 0 atom stereocenters. The number of nitrogens with zero attached hydrogens (tertiary/aromatic N) is 2. The third-order valence-electron chi connectivity index (χ3n) is 2.56. The fourth-order valence-electron chi connectivity index (χ4n) is 1.73. The van der Waals surface area contributed by atoms with Gasteiger partial charge in [-0.25, -0.2) is 4.98 Å². The average molecular weight is 278 g/mol. The van der Waals surface area contributed by atoms with Gasteiger partial charge in [-0.1, -0.05) is 18.5 Å². The molecule has 0 amide bonds. The number of halogens is 1. The second-order valence-electron chi connectivity index (χ2n) is 4.13. The Kier molecular flexibility index (Phi) is 4.71. The van der Waals surface area contributed by atoms with Crippen LogP contribution in [-0.4, -0.2) is 17.0 Å². The molecular weight excluding hydrogens is 262 g/mol. The molecule has 2 heterocycles. The van der Waals surface area contributed by atoms with Crippen molar-refractivity contribution in [2.24, 2.45) is 0 Å². The van der Waals surface area contributed by atoms with Crippen LogP contribution in [0, 0.1) is 0 Å². The summed E-state index contributed by atoms with van der Waals surface area (Å²) in [6.07, 6.45) is 4.04. The predicted octanol–water partition coefficient (Wildman–Crippen LogP) is 3.20. The molecule has 4 nitrogen and oxygen atoms in total. The minimum atomic E-state index is 0.541. The first-order chi connectivity index (χ1) is 9.21. The molecule has 2 aromatic rings. The monoisotopic (exact) mass is 277 g/mol. The van der Waals surface area contributed by atoms with Gasteiger partial charge in [-0.3, -0.25) is 4.98 Å². The molecule has 0 bridgehead atoms. The molecule has 0 aliphatic carbocycles. The van der Waals surface area contributed by atoms with Gasteiger partial charge in [0.15, 0.2) is 0 Å². The topological polar surface area (TPSA) is 47.0 Å². The van der Waals surface area contributed by atoms with Gasteiger partial charge in [-0.15, -0.1) is 0 Å². The first-order valence-electron chi connectivity index (χ1n) is 6.14. The molecule has 0 aliphatic heterocycles. The maximum atomic E-state index is 5.88. The number of hydrogen-bond acceptors (Lipinski definition) is 4. The van der Waals surface area contributed by atoms with Crippen LogP contribution in [0.15, 0.2) is 30.6 Å². The Morgan fingerprint density at radius 3 is 2.79 bits per heavy atom. The van der Waals surface area contributed by atoms with E-state index in [1.54, 1.807) is 18.5 Å². The number of aromatic nitrogens is 2. The highest BCUT2D eigenvalue weighted by molar-refractivity contribution is 6.30. The zero-order valence-corrected chi connectivity index (χ0v) is 11.7. The molecule has 5 heteroatoms. The van der Waals surface area contributed by atoms with Crippen LogP contribution in [-0.2, 0) is 13.0 Å². The maximum Gasteiger partial charge on any atom is 0.219 e. The van der Waals surface area contributed by atoms with E-state index in [4.69, 9.17) is 16.3 Å². The highest BCUT2D eigenvalue weighted by atomic mass is 35.5.